The zero-order valence-corrected chi connectivity index (χ0v) is 17.6. The molecule has 0 radical (unpaired) electrons. The van der Waals surface area contributed by atoms with E-state index in [4.69, 9.17) is 16.2 Å². The number of carbonyl (C=O) groups excluding carboxylic acids is 1. The number of nitrogens with two attached hydrogens (primary N) is 2. The summed E-state index contributed by atoms with van der Waals surface area (Å²) >= 11 is 0. The van der Waals surface area contributed by atoms with Gasteiger partial charge in [-0.25, -0.2) is 0 Å². The SMILES string of the molecule is CN(C)c1ccc(C2C3=C(CC(C)(C)CC3=O)Oc3nc(N)c(C#N)c(N)c32)cc1. The van der Waals surface area contributed by atoms with Crippen LogP contribution in [0.25, 0.3) is 0 Å². The molecule has 2 aromatic rings. The number of nitrogens with zero attached hydrogens (tertiary/aromatic N) is 3. The van der Waals surface area contributed by atoms with E-state index in [1.54, 1.807) is 0 Å². The zero-order valence-electron chi connectivity index (χ0n) is 17.6. The van der Waals surface area contributed by atoms with Crippen LogP contribution in [-0.2, 0) is 4.79 Å². The quantitative estimate of drug-likeness (QED) is 0.789. The van der Waals surface area contributed by atoms with Gasteiger partial charge in [0.05, 0.1) is 11.3 Å². The number of nitrogen functional groups attached to an aromatic ring is 2. The summed E-state index contributed by atoms with van der Waals surface area (Å²) in [6.07, 6.45) is 1.03. The minimum absolute atomic E-state index is 0.0286. The summed E-state index contributed by atoms with van der Waals surface area (Å²) < 4.78 is 6.09. The van der Waals surface area contributed by atoms with E-state index >= 15 is 0 Å². The van der Waals surface area contributed by atoms with Crippen molar-refractivity contribution in [3.8, 4) is 11.9 Å². The fraction of sp³-hybridized carbons (Fsp3) is 0.348. The van der Waals surface area contributed by atoms with Crippen molar-refractivity contribution in [1.29, 1.82) is 5.26 Å². The second-order valence-corrected chi connectivity index (χ2v) is 8.92. The normalized spacial score (nSPS) is 19.4. The Morgan fingerprint density at radius 2 is 1.87 bits per heavy atom. The highest BCUT2D eigenvalue weighted by Gasteiger charge is 2.44. The Morgan fingerprint density at radius 3 is 2.47 bits per heavy atom. The minimum Gasteiger partial charge on any atom is -0.442 e. The smallest absolute Gasteiger partial charge is 0.227 e. The van der Waals surface area contributed by atoms with Gasteiger partial charge in [-0.05, 0) is 23.1 Å². The van der Waals surface area contributed by atoms with Gasteiger partial charge in [0, 0.05) is 44.1 Å². The molecule has 4 rings (SSSR count). The zero-order chi connectivity index (χ0) is 21.8. The highest BCUT2D eigenvalue weighted by Crippen LogP contribution is 2.52. The van der Waals surface area contributed by atoms with Crippen molar-refractivity contribution in [2.75, 3.05) is 30.5 Å². The molecule has 0 saturated heterocycles. The molecule has 1 atom stereocenters. The number of allylic oxidation sites excluding steroid dienone is 2. The molecule has 0 saturated carbocycles. The Bertz CT molecular complexity index is 1120. The highest BCUT2D eigenvalue weighted by atomic mass is 16.5. The second kappa shape index (κ2) is 6.77. The lowest BCUT2D eigenvalue weighted by Crippen LogP contribution is -2.33. The van der Waals surface area contributed by atoms with Gasteiger partial charge < -0.3 is 21.1 Å². The summed E-state index contributed by atoms with van der Waals surface area (Å²) in [5, 5.41) is 9.53. The van der Waals surface area contributed by atoms with Crippen LogP contribution in [0, 0.1) is 16.7 Å². The molecule has 154 valence electrons. The molecule has 0 spiro atoms. The molecule has 30 heavy (non-hydrogen) atoms. The van der Waals surface area contributed by atoms with E-state index in [0.29, 0.717) is 29.7 Å². The molecule has 0 amide bonds. The molecule has 1 aromatic carbocycles. The van der Waals surface area contributed by atoms with Gasteiger partial charge in [0.25, 0.3) is 0 Å². The van der Waals surface area contributed by atoms with Crippen LogP contribution < -0.4 is 21.1 Å². The predicted octanol–water partition coefficient (Wildman–Crippen LogP) is 3.35. The van der Waals surface area contributed by atoms with E-state index in [2.05, 4.69) is 4.98 Å². The summed E-state index contributed by atoms with van der Waals surface area (Å²) in [6, 6.07) is 9.98. The molecule has 1 aliphatic carbocycles. The molecule has 4 N–H and O–H groups in total. The molecule has 1 aliphatic heterocycles. The van der Waals surface area contributed by atoms with Crippen LogP contribution in [0.3, 0.4) is 0 Å². The predicted molar refractivity (Wildman–Crippen MR) is 116 cm³/mol. The lowest BCUT2D eigenvalue weighted by molar-refractivity contribution is -0.118. The highest BCUT2D eigenvalue weighted by molar-refractivity contribution is 6.00. The Morgan fingerprint density at radius 1 is 1.20 bits per heavy atom. The van der Waals surface area contributed by atoms with Crippen molar-refractivity contribution >= 4 is 23.0 Å². The van der Waals surface area contributed by atoms with E-state index in [1.165, 1.54) is 0 Å². The summed E-state index contributed by atoms with van der Waals surface area (Å²) in [7, 11) is 3.94. The molecule has 0 bridgehead atoms. The first-order chi connectivity index (χ1) is 14.1. The number of hydrogen-bond acceptors (Lipinski definition) is 7. The van der Waals surface area contributed by atoms with E-state index < -0.39 is 5.92 Å². The average Bonchev–Trinajstić information content (AvgIpc) is 2.65. The molecule has 2 heterocycles. The molecule has 2 aliphatic rings. The van der Waals surface area contributed by atoms with Crippen LogP contribution in [0.5, 0.6) is 5.88 Å². The van der Waals surface area contributed by atoms with Crippen LogP contribution in [-0.4, -0.2) is 24.9 Å². The van der Waals surface area contributed by atoms with Crippen LogP contribution in [0.4, 0.5) is 17.2 Å². The number of Topliss-reactive ketones (excluding diaryl/α,β-unsaturated/α-hetero) is 1. The maximum absolute atomic E-state index is 13.2. The Labute approximate surface area is 175 Å². The van der Waals surface area contributed by atoms with Gasteiger partial charge in [-0.2, -0.15) is 10.2 Å². The number of pyridine rings is 1. The number of ketones is 1. The van der Waals surface area contributed by atoms with E-state index in [0.717, 1.165) is 11.3 Å². The summed E-state index contributed by atoms with van der Waals surface area (Å²) in [4.78, 5) is 19.6. The van der Waals surface area contributed by atoms with Gasteiger partial charge in [0.15, 0.2) is 5.78 Å². The van der Waals surface area contributed by atoms with Gasteiger partial charge in [0.1, 0.15) is 23.2 Å². The summed E-state index contributed by atoms with van der Waals surface area (Å²) in [5.41, 5.74) is 15.5. The number of carbonyl (C=O) groups is 1. The van der Waals surface area contributed by atoms with Gasteiger partial charge in [-0.3, -0.25) is 4.79 Å². The standard InChI is InChI=1S/C23H25N5O2/c1-23(2)9-15(29)18-16(10-23)30-22-19(20(25)14(11-24)21(26)27-22)17(18)12-5-7-13(8-6-12)28(3)4/h5-8,17H,9-10H2,1-4H3,(H4,25,26,27). The third kappa shape index (κ3) is 3.05. The van der Waals surface area contributed by atoms with Gasteiger partial charge >= 0.3 is 0 Å². The van der Waals surface area contributed by atoms with Crippen molar-refractivity contribution in [2.24, 2.45) is 5.41 Å². The topological polar surface area (TPSA) is 118 Å². The summed E-state index contributed by atoms with van der Waals surface area (Å²) in [6.45, 7) is 4.09. The Balaban J connectivity index is 1.98. The van der Waals surface area contributed by atoms with E-state index in [9.17, 15) is 10.1 Å². The number of nitriles is 1. The molecule has 1 aromatic heterocycles. The first-order valence-corrected chi connectivity index (χ1v) is 9.83. The van der Waals surface area contributed by atoms with Crippen molar-refractivity contribution in [3.05, 3.63) is 52.3 Å². The van der Waals surface area contributed by atoms with Gasteiger partial charge in [0.2, 0.25) is 5.88 Å². The van der Waals surface area contributed by atoms with Gasteiger partial charge in [-0.1, -0.05) is 26.0 Å². The molecule has 0 fully saturated rings. The maximum Gasteiger partial charge on any atom is 0.227 e. The van der Waals surface area contributed by atoms with Crippen molar-refractivity contribution in [2.45, 2.75) is 32.6 Å². The van der Waals surface area contributed by atoms with Crippen LogP contribution in [0.2, 0.25) is 0 Å². The minimum atomic E-state index is -0.455. The van der Waals surface area contributed by atoms with Crippen molar-refractivity contribution in [3.63, 3.8) is 0 Å². The van der Waals surface area contributed by atoms with Crippen LogP contribution in [0.1, 0.15) is 49.3 Å². The maximum atomic E-state index is 13.2. The van der Waals surface area contributed by atoms with Crippen molar-refractivity contribution in [1.82, 2.24) is 4.98 Å². The number of fused-ring (bicyclic) bond motifs is 1. The monoisotopic (exact) mass is 403 g/mol. The third-order valence-electron chi connectivity index (χ3n) is 5.80. The number of ether oxygens (including phenoxy) is 1. The number of aromatic nitrogens is 1. The number of hydrogen-bond donors (Lipinski definition) is 2. The van der Waals surface area contributed by atoms with Crippen molar-refractivity contribution < 1.29 is 9.53 Å². The number of benzene rings is 1. The average molecular weight is 403 g/mol. The third-order valence-corrected chi connectivity index (χ3v) is 5.80. The Hall–Kier alpha value is -3.53. The lowest BCUT2D eigenvalue weighted by Gasteiger charge is -2.38. The van der Waals surface area contributed by atoms with Crippen LogP contribution >= 0.6 is 0 Å². The largest absolute Gasteiger partial charge is 0.442 e. The molecular weight excluding hydrogens is 378 g/mol. The van der Waals surface area contributed by atoms with Gasteiger partial charge in [-0.15, -0.1) is 0 Å². The first-order valence-electron chi connectivity index (χ1n) is 9.83. The first kappa shape index (κ1) is 19.8. The molecular formula is C23H25N5O2. The van der Waals surface area contributed by atoms with E-state index in [1.807, 2.05) is 63.2 Å². The molecule has 7 nitrogen and oxygen atoms in total. The van der Waals surface area contributed by atoms with E-state index in [-0.39, 0.29) is 34.1 Å². The fourth-order valence-corrected chi connectivity index (χ4v) is 4.34. The summed E-state index contributed by atoms with van der Waals surface area (Å²) in [5.74, 6) is 0.490. The number of rotatable bonds is 2. The van der Waals surface area contributed by atoms with Crippen LogP contribution in [0.15, 0.2) is 35.6 Å². The fourth-order valence-electron chi connectivity index (χ4n) is 4.34. The Kier molecular flexibility index (Phi) is 4.46. The molecule has 7 heteroatoms. The number of anilines is 3. The lowest BCUT2D eigenvalue weighted by atomic mass is 9.70. The molecule has 1 unspecified atom stereocenters. The second-order valence-electron chi connectivity index (χ2n) is 8.92.